The van der Waals surface area contributed by atoms with E-state index in [0.717, 1.165) is 43.2 Å². The van der Waals surface area contributed by atoms with Crippen LogP contribution in [0.3, 0.4) is 0 Å². The lowest BCUT2D eigenvalue weighted by molar-refractivity contribution is 0.0878. The Balaban J connectivity index is 0.000000127. The molecule has 0 aliphatic carbocycles. The van der Waals surface area contributed by atoms with Crippen LogP contribution in [0.15, 0.2) is 36.4 Å². The van der Waals surface area contributed by atoms with Crippen molar-refractivity contribution in [3.8, 4) is 0 Å². The standard InChI is InChI=1S/C8H4FNO2.C8H8FN.C4H7BO/c9-5-3-1-2-4-6(5)8(12)10-7(4)11;9-8-3-1-2-6-4-10-5-7(6)8;5-4-2-1-3-6-4/h1-3H,(H,10,11,12);1-3,10H,4-5H2;4H,1-3H2. The molecule has 5 nitrogen and oxygen atoms in total. The number of halogens is 2. The highest BCUT2D eigenvalue weighted by Crippen LogP contribution is 2.18. The molecule has 5 rings (SSSR count). The summed E-state index contributed by atoms with van der Waals surface area (Å²) in [4.78, 5) is 21.9. The van der Waals surface area contributed by atoms with Crippen molar-refractivity contribution >= 4 is 19.7 Å². The number of carbonyl (C=O) groups is 2. The van der Waals surface area contributed by atoms with Gasteiger partial charge in [-0.15, -0.1) is 0 Å². The van der Waals surface area contributed by atoms with Crippen LogP contribution in [0.1, 0.15) is 44.7 Å². The molecule has 1 atom stereocenters. The molecular weight excluding hydrogens is 365 g/mol. The minimum atomic E-state index is -0.659. The molecule has 2 amide bonds. The van der Waals surface area contributed by atoms with Crippen molar-refractivity contribution in [2.45, 2.75) is 31.9 Å². The van der Waals surface area contributed by atoms with Gasteiger partial charge in [-0.2, -0.15) is 0 Å². The van der Waals surface area contributed by atoms with Crippen LogP contribution in [0.25, 0.3) is 0 Å². The summed E-state index contributed by atoms with van der Waals surface area (Å²) in [6.45, 7) is 2.36. The minimum Gasteiger partial charge on any atom is -0.388 e. The molecule has 0 spiro atoms. The molecule has 0 aromatic heterocycles. The van der Waals surface area contributed by atoms with Gasteiger partial charge in [-0.3, -0.25) is 14.9 Å². The highest BCUT2D eigenvalue weighted by molar-refractivity contribution is 6.21. The van der Waals surface area contributed by atoms with Crippen molar-refractivity contribution < 1.29 is 23.1 Å². The fourth-order valence-corrected chi connectivity index (χ4v) is 3.07. The highest BCUT2D eigenvalue weighted by Gasteiger charge is 2.29. The summed E-state index contributed by atoms with van der Waals surface area (Å²) in [7, 11) is 5.31. The lowest BCUT2D eigenvalue weighted by Crippen LogP contribution is -2.20. The van der Waals surface area contributed by atoms with Crippen LogP contribution in [0.4, 0.5) is 8.78 Å². The summed E-state index contributed by atoms with van der Waals surface area (Å²) in [6, 6.07) is 9.22. The molecule has 2 aromatic carbocycles. The lowest BCUT2D eigenvalue weighted by atomic mass is 9.98. The Hall–Kier alpha value is -2.58. The summed E-state index contributed by atoms with van der Waals surface area (Å²) in [5.74, 6) is -1.93. The Kier molecular flexibility index (Phi) is 6.54. The molecule has 2 radical (unpaired) electrons. The first-order chi connectivity index (χ1) is 13.5. The Bertz CT molecular complexity index is 886. The zero-order valence-corrected chi connectivity index (χ0v) is 15.1. The number of nitrogens with one attached hydrogen (secondary N) is 2. The average Bonchev–Trinajstić information content (AvgIpc) is 3.39. The zero-order valence-electron chi connectivity index (χ0n) is 15.1. The van der Waals surface area contributed by atoms with E-state index in [1.54, 1.807) is 6.07 Å². The van der Waals surface area contributed by atoms with Gasteiger partial charge in [0.1, 0.15) is 19.5 Å². The fourth-order valence-electron chi connectivity index (χ4n) is 3.07. The number of hydrogen-bond donors (Lipinski definition) is 2. The minimum absolute atomic E-state index is 0.0463. The van der Waals surface area contributed by atoms with Crippen molar-refractivity contribution in [2.24, 2.45) is 0 Å². The second kappa shape index (κ2) is 9.08. The van der Waals surface area contributed by atoms with Crippen LogP contribution in [-0.2, 0) is 17.8 Å². The first kappa shape index (κ1) is 20.2. The van der Waals surface area contributed by atoms with E-state index in [2.05, 4.69) is 5.32 Å². The SMILES string of the molecule is Fc1cccc2c1CNC2.O=C1NC(=O)c2c(F)cccc21.[B]C1CCCO1. The summed E-state index contributed by atoms with van der Waals surface area (Å²) >= 11 is 0. The van der Waals surface area contributed by atoms with E-state index < -0.39 is 17.6 Å². The number of ether oxygens (including phenoxy) is 1. The molecule has 2 aromatic rings. The van der Waals surface area contributed by atoms with Crippen LogP contribution in [-0.4, -0.2) is 32.3 Å². The van der Waals surface area contributed by atoms with Crippen molar-refractivity contribution in [2.75, 3.05) is 6.61 Å². The van der Waals surface area contributed by atoms with Gasteiger partial charge in [0, 0.05) is 31.3 Å². The van der Waals surface area contributed by atoms with Gasteiger partial charge in [0.15, 0.2) is 0 Å². The molecule has 3 aliphatic heterocycles. The third kappa shape index (κ3) is 4.63. The fraction of sp³-hybridized carbons (Fsp3) is 0.300. The van der Waals surface area contributed by atoms with E-state index in [-0.39, 0.29) is 22.9 Å². The topological polar surface area (TPSA) is 67.4 Å². The number of hydrogen-bond acceptors (Lipinski definition) is 4. The molecule has 0 saturated carbocycles. The molecule has 1 fully saturated rings. The van der Waals surface area contributed by atoms with Gasteiger partial charge >= 0.3 is 0 Å². The first-order valence-electron chi connectivity index (χ1n) is 8.95. The van der Waals surface area contributed by atoms with E-state index in [1.807, 2.05) is 11.4 Å². The predicted octanol–water partition coefficient (Wildman–Crippen LogP) is 2.43. The predicted molar refractivity (Wildman–Crippen MR) is 99.9 cm³/mol. The van der Waals surface area contributed by atoms with Gasteiger partial charge in [-0.25, -0.2) is 8.78 Å². The quantitative estimate of drug-likeness (QED) is 0.541. The smallest absolute Gasteiger partial charge is 0.261 e. The maximum absolute atomic E-state index is 12.9. The van der Waals surface area contributed by atoms with Gasteiger partial charge in [0.05, 0.1) is 11.1 Å². The van der Waals surface area contributed by atoms with E-state index in [0.29, 0.717) is 6.54 Å². The maximum Gasteiger partial charge on any atom is 0.261 e. The van der Waals surface area contributed by atoms with Crippen molar-refractivity contribution in [3.05, 3.63) is 70.3 Å². The van der Waals surface area contributed by atoms with Gasteiger partial charge in [0.25, 0.3) is 11.8 Å². The Morgan fingerprint density at radius 2 is 1.75 bits per heavy atom. The first-order valence-corrected chi connectivity index (χ1v) is 8.95. The van der Waals surface area contributed by atoms with E-state index in [1.165, 1.54) is 18.2 Å². The number of rotatable bonds is 0. The average molecular weight is 384 g/mol. The Morgan fingerprint density at radius 1 is 1.00 bits per heavy atom. The monoisotopic (exact) mass is 384 g/mol. The largest absolute Gasteiger partial charge is 0.388 e. The van der Waals surface area contributed by atoms with E-state index >= 15 is 0 Å². The Labute approximate surface area is 162 Å². The van der Waals surface area contributed by atoms with Crippen LogP contribution < -0.4 is 10.6 Å². The van der Waals surface area contributed by atoms with E-state index in [9.17, 15) is 18.4 Å². The molecule has 1 saturated heterocycles. The van der Waals surface area contributed by atoms with Gasteiger partial charge in [-0.05, 0) is 36.6 Å². The lowest BCUT2D eigenvalue weighted by Gasteiger charge is -1.96. The Morgan fingerprint density at radius 3 is 2.36 bits per heavy atom. The molecule has 144 valence electrons. The molecule has 1 unspecified atom stereocenters. The van der Waals surface area contributed by atoms with Gasteiger partial charge < -0.3 is 10.1 Å². The van der Waals surface area contributed by atoms with Gasteiger partial charge in [0.2, 0.25) is 0 Å². The molecule has 3 heterocycles. The van der Waals surface area contributed by atoms with Crippen LogP contribution in [0.2, 0.25) is 0 Å². The molecule has 28 heavy (non-hydrogen) atoms. The second-order valence-corrected chi connectivity index (χ2v) is 6.48. The van der Waals surface area contributed by atoms with E-state index in [4.69, 9.17) is 12.6 Å². The molecular formula is C20H19BF2N2O3. The number of imide groups is 1. The summed E-state index contributed by atoms with van der Waals surface area (Å²) in [6.07, 6.45) is 2.18. The van der Waals surface area contributed by atoms with Crippen LogP contribution in [0, 0.1) is 11.6 Å². The molecule has 2 N–H and O–H groups in total. The highest BCUT2D eigenvalue weighted by atomic mass is 19.1. The molecule has 8 heteroatoms. The number of fused-ring (bicyclic) bond motifs is 2. The molecule has 3 aliphatic rings. The summed E-state index contributed by atoms with van der Waals surface area (Å²) in [5, 5.41) is 5.09. The van der Waals surface area contributed by atoms with Crippen LogP contribution >= 0.6 is 0 Å². The number of carbonyl (C=O) groups excluding carboxylic acids is 2. The normalized spacial score (nSPS) is 19.0. The number of amides is 2. The third-order valence-corrected chi connectivity index (χ3v) is 4.51. The summed E-state index contributed by atoms with van der Waals surface area (Å²) < 4.78 is 30.7. The van der Waals surface area contributed by atoms with Crippen molar-refractivity contribution in [3.63, 3.8) is 0 Å². The summed E-state index contributed by atoms with van der Waals surface area (Å²) in [5.41, 5.74) is 1.89. The van der Waals surface area contributed by atoms with Crippen molar-refractivity contribution in [1.82, 2.24) is 10.6 Å². The number of benzene rings is 2. The molecule has 0 bridgehead atoms. The van der Waals surface area contributed by atoms with Crippen molar-refractivity contribution in [1.29, 1.82) is 0 Å². The zero-order chi connectivity index (χ0) is 20.1. The second-order valence-electron chi connectivity index (χ2n) is 6.48. The van der Waals surface area contributed by atoms with Crippen LogP contribution in [0.5, 0.6) is 0 Å². The van der Waals surface area contributed by atoms with Gasteiger partial charge in [-0.1, -0.05) is 18.2 Å². The maximum atomic E-state index is 12.9. The third-order valence-electron chi connectivity index (χ3n) is 4.51.